The van der Waals surface area contributed by atoms with Crippen molar-refractivity contribution in [2.24, 2.45) is 0 Å². The molecule has 3 nitrogen and oxygen atoms in total. The number of esters is 1. The van der Waals surface area contributed by atoms with Gasteiger partial charge in [-0.1, -0.05) is 30.3 Å². The third-order valence-electron chi connectivity index (χ3n) is 3.07. The van der Waals surface area contributed by atoms with Crippen molar-refractivity contribution in [3.05, 3.63) is 35.9 Å². The fourth-order valence-electron chi connectivity index (χ4n) is 2.00. The second kappa shape index (κ2) is 5.56. The summed E-state index contributed by atoms with van der Waals surface area (Å²) in [5.41, 5.74) is 0.697. The molecule has 1 aliphatic heterocycles. The van der Waals surface area contributed by atoms with Gasteiger partial charge in [0.2, 0.25) is 0 Å². The summed E-state index contributed by atoms with van der Waals surface area (Å²) in [6.07, 6.45) is 0.844. The van der Waals surface area contributed by atoms with Crippen molar-refractivity contribution in [3.63, 3.8) is 0 Å². The smallest absolute Gasteiger partial charge is 0.326 e. The summed E-state index contributed by atoms with van der Waals surface area (Å²) >= 11 is 1.80. The number of benzene rings is 1. The SMILES string of the molecule is COC(=O)C1(NCc2ccccc2)CCSC1. The molecule has 1 saturated heterocycles. The Labute approximate surface area is 106 Å². The molecular weight excluding hydrogens is 234 g/mol. The molecule has 0 aliphatic carbocycles. The zero-order chi connectivity index (χ0) is 12.1. The van der Waals surface area contributed by atoms with Crippen LogP contribution < -0.4 is 5.32 Å². The first-order chi connectivity index (χ1) is 8.27. The number of thioether (sulfide) groups is 1. The Balaban J connectivity index is 2.02. The predicted octanol–water partition coefficient (Wildman–Crippen LogP) is 1.82. The highest BCUT2D eigenvalue weighted by molar-refractivity contribution is 7.99. The van der Waals surface area contributed by atoms with Gasteiger partial charge in [-0.25, -0.2) is 0 Å². The van der Waals surface area contributed by atoms with E-state index in [9.17, 15) is 4.79 Å². The van der Waals surface area contributed by atoms with Gasteiger partial charge < -0.3 is 4.74 Å². The van der Waals surface area contributed by atoms with Crippen LogP contribution in [0.3, 0.4) is 0 Å². The molecule has 2 rings (SSSR count). The highest BCUT2D eigenvalue weighted by atomic mass is 32.2. The van der Waals surface area contributed by atoms with E-state index in [-0.39, 0.29) is 5.97 Å². The zero-order valence-corrected chi connectivity index (χ0v) is 10.8. The van der Waals surface area contributed by atoms with Gasteiger partial charge in [0.15, 0.2) is 0 Å². The van der Waals surface area contributed by atoms with E-state index in [0.717, 1.165) is 17.9 Å². The van der Waals surface area contributed by atoms with E-state index in [1.165, 1.54) is 12.7 Å². The number of hydrogen-bond acceptors (Lipinski definition) is 4. The molecule has 0 aromatic heterocycles. The Kier molecular flexibility index (Phi) is 4.07. The second-order valence-corrected chi connectivity index (χ2v) is 5.32. The molecule has 0 bridgehead atoms. The van der Waals surface area contributed by atoms with Crippen LogP contribution in [0.1, 0.15) is 12.0 Å². The molecule has 17 heavy (non-hydrogen) atoms. The summed E-state index contributed by atoms with van der Waals surface area (Å²) in [6.45, 7) is 0.705. The molecule has 1 aliphatic rings. The lowest BCUT2D eigenvalue weighted by molar-refractivity contribution is -0.147. The molecule has 1 aromatic carbocycles. The molecule has 1 unspecified atom stereocenters. The highest BCUT2D eigenvalue weighted by Crippen LogP contribution is 2.29. The monoisotopic (exact) mass is 251 g/mol. The molecule has 1 N–H and O–H groups in total. The van der Waals surface area contributed by atoms with Crippen molar-refractivity contribution >= 4 is 17.7 Å². The first-order valence-electron chi connectivity index (χ1n) is 5.72. The van der Waals surface area contributed by atoms with Crippen LogP contribution in [0.2, 0.25) is 0 Å². The Morgan fingerprint density at radius 1 is 1.47 bits per heavy atom. The maximum atomic E-state index is 11.9. The molecule has 0 radical (unpaired) electrons. The van der Waals surface area contributed by atoms with E-state index in [4.69, 9.17) is 4.74 Å². The van der Waals surface area contributed by atoms with Gasteiger partial charge in [0.05, 0.1) is 7.11 Å². The minimum atomic E-state index is -0.491. The van der Waals surface area contributed by atoms with E-state index in [0.29, 0.717) is 6.54 Å². The first kappa shape index (κ1) is 12.5. The third kappa shape index (κ3) is 2.82. The largest absolute Gasteiger partial charge is 0.468 e. The van der Waals surface area contributed by atoms with Crippen LogP contribution in [0.15, 0.2) is 30.3 Å². The van der Waals surface area contributed by atoms with E-state index < -0.39 is 5.54 Å². The number of hydrogen-bond donors (Lipinski definition) is 1. The van der Waals surface area contributed by atoms with Gasteiger partial charge in [0.1, 0.15) is 5.54 Å². The fraction of sp³-hybridized carbons (Fsp3) is 0.462. The molecule has 1 aromatic rings. The molecule has 1 heterocycles. The van der Waals surface area contributed by atoms with Gasteiger partial charge in [0.25, 0.3) is 0 Å². The van der Waals surface area contributed by atoms with Crippen LogP contribution in [0.25, 0.3) is 0 Å². The van der Waals surface area contributed by atoms with Gasteiger partial charge in [-0.3, -0.25) is 10.1 Å². The Morgan fingerprint density at radius 3 is 2.82 bits per heavy atom. The van der Waals surface area contributed by atoms with Gasteiger partial charge in [0, 0.05) is 12.3 Å². The van der Waals surface area contributed by atoms with E-state index in [1.54, 1.807) is 11.8 Å². The van der Waals surface area contributed by atoms with Crippen LogP contribution in [-0.4, -0.2) is 30.1 Å². The normalized spacial score (nSPS) is 23.6. The van der Waals surface area contributed by atoms with Crippen molar-refractivity contribution in [1.82, 2.24) is 5.32 Å². The number of nitrogens with one attached hydrogen (secondary N) is 1. The molecule has 92 valence electrons. The lowest BCUT2D eigenvalue weighted by Gasteiger charge is -2.26. The summed E-state index contributed by atoms with van der Waals surface area (Å²) in [7, 11) is 1.46. The molecule has 0 saturated carbocycles. The number of rotatable bonds is 4. The number of carbonyl (C=O) groups excluding carboxylic acids is 1. The predicted molar refractivity (Wildman–Crippen MR) is 70.0 cm³/mol. The Hall–Kier alpha value is -1.00. The summed E-state index contributed by atoms with van der Waals surface area (Å²) in [5.74, 6) is 1.67. The number of carbonyl (C=O) groups is 1. The third-order valence-corrected chi connectivity index (χ3v) is 4.26. The van der Waals surface area contributed by atoms with Crippen LogP contribution >= 0.6 is 11.8 Å². The van der Waals surface area contributed by atoms with Crippen molar-refractivity contribution in [2.75, 3.05) is 18.6 Å². The average Bonchev–Trinajstić information content (AvgIpc) is 2.87. The summed E-state index contributed by atoms with van der Waals surface area (Å²) in [4.78, 5) is 11.9. The highest BCUT2D eigenvalue weighted by Gasteiger charge is 2.42. The standard InChI is InChI=1S/C13H17NO2S/c1-16-12(15)13(7-8-17-10-13)14-9-11-5-3-2-4-6-11/h2-6,14H,7-10H2,1H3. The molecule has 1 fully saturated rings. The fourth-order valence-corrected chi connectivity index (χ4v) is 3.35. The number of methoxy groups -OCH3 is 1. The van der Waals surface area contributed by atoms with E-state index in [1.807, 2.05) is 18.2 Å². The van der Waals surface area contributed by atoms with Gasteiger partial charge in [-0.15, -0.1) is 0 Å². The summed E-state index contributed by atoms with van der Waals surface area (Å²) < 4.78 is 4.91. The molecular formula is C13H17NO2S. The average molecular weight is 251 g/mol. The zero-order valence-electron chi connectivity index (χ0n) is 9.94. The van der Waals surface area contributed by atoms with Crippen LogP contribution in [0.5, 0.6) is 0 Å². The lowest BCUT2D eigenvalue weighted by atomic mass is 9.98. The van der Waals surface area contributed by atoms with Crippen molar-refractivity contribution in [2.45, 2.75) is 18.5 Å². The maximum Gasteiger partial charge on any atom is 0.326 e. The Morgan fingerprint density at radius 2 is 2.24 bits per heavy atom. The molecule has 1 atom stereocenters. The van der Waals surface area contributed by atoms with Crippen LogP contribution in [0, 0.1) is 0 Å². The van der Waals surface area contributed by atoms with Gasteiger partial charge in [-0.05, 0) is 17.7 Å². The van der Waals surface area contributed by atoms with Crippen molar-refractivity contribution < 1.29 is 9.53 Å². The van der Waals surface area contributed by atoms with Crippen LogP contribution in [-0.2, 0) is 16.1 Å². The Bertz CT molecular complexity index is 374. The molecule has 0 spiro atoms. The summed E-state index contributed by atoms with van der Waals surface area (Å²) in [6, 6.07) is 10.1. The van der Waals surface area contributed by atoms with Crippen molar-refractivity contribution in [3.8, 4) is 0 Å². The maximum absolute atomic E-state index is 11.9. The van der Waals surface area contributed by atoms with E-state index in [2.05, 4.69) is 17.4 Å². The van der Waals surface area contributed by atoms with E-state index >= 15 is 0 Å². The minimum absolute atomic E-state index is 0.140. The molecule has 4 heteroatoms. The van der Waals surface area contributed by atoms with Crippen molar-refractivity contribution in [1.29, 1.82) is 0 Å². The topological polar surface area (TPSA) is 38.3 Å². The van der Waals surface area contributed by atoms with Gasteiger partial charge >= 0.3 is 5.97 Å². The molecule has 0 amide bonds. The van der Waals surface area contributed by atoms with Gasteiger partial charge in [-0.2, -0.15) is 11.8 Å². The first-order valence-corrected chi connectivity index (χ1v) is 6.87. The number of ether oxygens (including phenoxy) is 1. The lowest BCUT2D eigenvalue weighted by Crippen LogP contribution is -2.52. The second-order valence-electron chi connectivity index (χ2n) is 4.22. The summed E-state index contributed by atoms with van der Waals surface area (Å²) in [5, 5.41) is 3.37. The van der Waals surface area contributed by atoms with Crippen LogP contribution in [0.4, 0.5) is 0 Å². The minimum Gasteiger partial charge on any atom is -0.468 e. The quantitative estimate of drug-likeness (QED) is 0.829.